The minimum atomic E-state index is -0.158. The third-order valence-corrected chi connectivity index (χ3v) is 7.54. The number of thiophene rings is 1. The predicted octanol–water partition coefficient (Wildman–Crippen LogP) is 4.90. The van der Waals surface area contributed by atoms with E-state index in [4.69, 9.17) is 4.98 Å². The molecule has 1 aromatic carbocycles. The second kappa shape index (κ2) is 9.76. The Hall–Kier alpha value is -2.82. The van der Waals surface area contributed by atoms with E-state index in [1.54, 1.807) is 10.6 Å². The number of fused-ring (bicyclic) bond motifs is 1. The van der Waals surface area contributed by atoms with Gasteiger partial charge in [-0.2, -0.15) is 9.36 Å². The first-order valence-electron chi connectivity index (χ1n) is 9.91. The van der Waals surface area contributed by atoms with Crippen LogP contribution in [0, 0.1) is 13.8 Å². The van der Waals surface area contributed by atoms with Gasteiger partial charge in [-0.05, 0) is 19.4 Å². The van der Waals surface area contributed by atoms with Gasteiger partial charge < -0.3 is 5.32 Å². The van der Waals surface area contributed by atoms with Crippen LogP contribution in [0.1, 0.15) is 16.9 Å². The summed E-state index contributed by atoms with van der Waals surface area (Å²) in [7, 11) is 0. The molecule has 0 aliphatic carbocycles. The maximum Gasteiger partial charge on any atom is 0.263 e. The Kier molecular flexibility index (Phi) is 6.83. The van der Waals surface area contributed by atoms with E-state index in [0.717, 1.165) is 32.4 Å². The quantitative estimate of drug-likeness (QED) is 0.218. The van der Waals surface area contributed by atoms with Crippen molar-refractivity contribution in [2.75, 3.05) is 11.1 Å². The Morgan fingerprint density at radius 1 is 1.25 bits per heavy atom. The van der Waals surface area contributed by atoms with E-state index in [2.05, 4.69) is 21.3 Å². The van der Waals surface area contributed by atoms with Gasteiger partial charge >= 0.3 is 0 Å². The van der Waals surface area contributed by atoms with Gasteiger partial charge in [0, 0.05) is 40.7 Å². The summed E-state index contributed by atoms with van der Waals surface area (Å²) in [5.74, 6) is 0.914. The summed E-state index contributed by atoms with van der Waals surface area (Å²) < 4.78 is 5.92. The van der Waals surface area contributed by atoms with Crippen molar-refractivity contribution in [2.45, 2.75) is 32.0 Å². The molecule has 0 spiro atoms. The molecule has 0 aliphatic rings. The molecule has 0 saturated heterocycles. The van der Waals surface area contributed by atoms with Gasteiger partial charge in [-0.3, -0.25) is 14.2 Å². The van der Waals surface area contributed by atoms with Crippen LogP contribution in [0.15, 0.2) is 52.9 Å². The summed E-state index contributed by atoms with van der Waals surface area (Å²) in [4.78, 5) is 36.3. The Labute approximate surface area is 197 Å². The smallest absolute Gasteiger partial charge is 0.263 e. The molecule has 4 rings (SSSR count). The fourth-order valence-electron chi connectivity index (χ4n) is 3.10. The standard InChI is InChI=1S/C22H21N5O2S3/c1-4-11-27-20(29)17-13(2)14(3)31-19(17)25-22(27)30-12-10-16(28)23-21-24-18(26-32-21)15-8-6-5-7-9-15/h4-9H,1,10-12H2,2-3H3,(H,23,24,26,28). The maximum absolute atomic E-state index is 13.0. The van der Waals surface area contributed by atoms with Gasteiger partial charge in [0.1, 0.15) is 4.83 Å². The van der Waals surface area contributed by atoms with Gasteiger partial charge in [0.15, 0.2) is 11.0 Å². The normalized spacial score (nSPS) is 11.1. The number of hydrogen-bond acceptors (Lipinski definition) is 8. The number of carbonyl (C=O) groups is 1. The molecule has 1 N–H and O–H groups in total. The number of aromatic nitrogens is 4. The summed E-state index contributed by atoms with van der Waals surface area (Å²) in [5, 5.41) is 4.53. The zero-order valence-electron chi connectivity index (χ0n) is 17.6. The minimum absolute atomic E-state index is 0.0639. The number of carbonyl (C=O) groups excluding carboxylic acids is 1. The third-order valence-electron chi connectivity index (χ3n) is 4.83. The second-order valence-electron chi connectivity index (χ2n) is 7.00. The van der Waals surface area contributed by atoms with E-state index in [9.17, 15) is 9.59 Å². The van der Waals surface area contributed by atoms with Crippen LogP contribution < -0.4 is 10.9 Å². The number of aryl methyl sites for hydroxylation is 2. The number of benzene rings is 1. The van der Waals surface area contributed by atoms with Crippen molar-refractivity contribution in [1.29, 1.82) is 0 Å². The topological polar surface area (TPSA) is 89.8 Å². The monoisotopic (exact) mass is 483 g/mol. The second-order valence-corrected chi connectivity index (χ2v) is 10.0. The van der Waals surface area contributed by atoms with Gasteiger partial charge in [-0.25, -0.2) is 4.98 Å². The lowest BCUT2D eigenvalue weighted by Gasteiger charge is -2.10. The molecule has 0 bridgehead atoms. The number of amides is 1. The van der Waals surface area contributed by atoms with Crippen LogP contribution in [0.25, 0.3) is 21.6 Å². The van der Waals surface area contributed by atoms with Crippen LogP contribution in [-0.2, 0) is 11.3 Å². The van der Waals surface area contributed by atoms with Crippen molar-refractivity contribution in [1.82, 2.24) is 18.9 Å². The van der Waals surface area contributed by atoms with E-state index in [0.29, 0.717) is 33.8 Å². The van der Waals surface area contributed by atoms with Gasteiger partial charge in [0.05, 0.1) is 5.39 Å². The lowest BCUT2D eigenvalue weighted by atomic mass is 10.2. The minimum Gasteiger partial charge on any atom is -0.301 e. The fourth-order valence-corrected chi connectivity index (χ4v) is 5.73. The molecule has 3 aromatic heterocycles. The van der Waals surface area contributed by atoms with E-state index in [1.165, 1.54) is 23.1 Å². The highest BCUT2D eigenvalue weighted by molar-refractivity contribution is 7.99. The van der Waals surface area contributed by atoms with Crippen molar-refractivity contribution in [3.05, 3.63) is 63.8 Å². The highest BCUT2D eigenvalue weighted by Crippen LogP contribution is 2.28. The van der Waals surface area contributed by atoms with Crippen LogP contribution >= 0.6 is 34.6 Å². The third kappa shape index (κ3) is 4.67. The number of thioether (sulfide) groups is 1. The van der Waals surface area contributed by atoms with E-state index >= 15 is 0 Å². The molecule has 0 saturated carbocycles. The van der Waals surface area contributed by atoms with Crippen molar-refractivity contribution in [3.8, 4) is 11.4 Å². The number of allylic oxidation sites excluding steroid dienone is 1. The number of rotatable bonds is 8. The predicted molar refractivity (Wildman–Crippen MR) is 133 cm³/mol. The van der Waals surface area contributed by atoms with Gasteiger partial charge in [-0.15, -0.1) is 17.9 Å². The summed E-state index contributed by atoms with van der Waals surface area (Å²) in [6.45, 7) is 8.07. The van der Waals surface area contributed by atoms with Crippen molar-refractivity contribution >= 4 is 55.9 Å². The lowest BCUT2D eigenvalue weighted by Crippen LogP contribution is -2.23. The lowest BCUT2D eigenvalue weighted by molar-refractivity contribution is -0.115. The first-order chi connectivity index (χ1) is 15.5. The van der Waals surface area contributed by atoms with Crippen LogP contribution in [0.3, 0.4) is 0 Å². The Morgan fingerprint density at radius 2 is 2.03 bits per heavy atom. The summed E-state index contributed by atoms with van der Waals surface area (Å²) >= 11 is 4.06. The molecule has 164 valence electrons. The highest BCUT2D eigenvalue weighted by atomic mass is 32.2. The van der Waals surface area contributed by atoms with E-state index < -0.39 is 0 Å². The number of nitrogens with one attached hydrogen (secondary N) is 1. The van der Waals surface area contributed by atoms with Crippen LogP contribution in [-0.4, -0.2) is 30.6 Å². The average Bonchev–Trinajstić information content (AvgIpc) is 3.35. The van der Waals surface area contributed by atoms with Crippen molar-refractivity contribution < 1.29 is 4.79 Å². The molecule has 3 heterocycles. The first kappa shape index (κ1) is 22.4. The van der Waals surface area contributed by atoms with Crippen LogP contribution in [0.2, 0.25) is 0 Å². The van der Waals surface area contributed by atoms with Gasteiger partial charge in [0.2, 0.25) is 11.0 Å². The molecule has 0 radical (unpaired) electrons. The molecular weight excluding hydrogens is 462 g/mol. The Bertz CT molecular complexity index is 1340. The molecule has 32 heavy (non-hydrogen) atoms. The molecule has 10 heteroatoms. The first-order valence-corrected chi connectivity index (χ1v) is 12.5. The largest absolute Gasteiger partial charge is 0.301 e. The van der Waals surface area contributed by atoms with E-state index in [-0.39, 0.29) is 17.9 Å². The number of nitrogens with zero attached hydrogens (tertiary/aromatic N) is 4. The average molecular weight is 484 g/mol. The Balaban J connectivity index is 1.42. The SMILES string of the molecule is C=CCn1c(SCCC(=O)Nc2nc(-c3ccccc3)ns2)nc2sc(C)c(C)c2c1=O. The summed E-state index contributed by atoms with van der Waals surface area (Å²) in [6.07, 6.45) is 1.94. The summed E-state index contributed by atoms with van der Waals surface area (Å²) in [6, 6.07) is 9.61. The molecule has 0 unspecified atom stereocenters. The molecule has 1 amide bonds. The van der Waals surface area contributed by atoms with Crippen molar-refractivity contribution in [3.63, 3.8) is 0 Å². The molecule has 4 aromatic rings. The molecule has 0 atom stereocenters. The summed E-state index contributed by atoms with van der Waals surface area (Å²) in [5.41, 5.74) is 1.81. The van der Waals surface area contributed by atoms with E-state index in [1.807, 2.05) is 44.2 Å². The maximum atomic E-state index is 13.0. The number of anilines is 1. The van der Waals surface area contributed by atoms with Crippen LogP contribution in [0.4, 0.5) is 5.13 Å². The van der Waals surface area contributed by atoms with Crippen molar-refractivity contribution in [2.24, 2.45) is 0 Å². The highest BCUT2D eigenvalue weighted by Gasteiger charge is 2.17. The van der Waals surface area contributed by atoms with Gasteiger partial charge in [0.25, 0.3) is 5.56 Å². The molecule has 0 fully saturated rings. The molecular formula is C22H21N5O2S3. The molecule has 0 aliphatic heterocycles. The fraction of sp³-hybridized carbons (Fsp3) is 0.227. The van der Waals surface area contributed by atoms with Gasteiger partial charge in [-0.1, -0.05) is 48.2 Å². The zero-order valence-corrected chi connectivity index (χ0v) is 20.1. The zero-order chi connectivity index (χ0) is 22.7. The Morgan fingerprint density at radius 3 is 2.78 bits per heavy atom. The number of hydrogen-bond donors (Lipinski definition) is 1. The molecule has 7 nitrogen and oxygen atoms in total. The van der Waals surface area contributed by atoms with Crippen LogP contribution in [0.5, 0.6) is 0 Å².